The van der Waals surface area contributed by atoms with Gasteiger partial charge in [0, 0.05) is 44.7 Å². The predicted molar refractivity (Wildman–Crippen MR) is 138 cm³/mol. The minimum atomic E-state index is -0.0756. The van der Waals surface area contributed by atoms with Gasteiger partial charge in [-0.2, -0.15) is 10.2 Å². The molecule has 0 amide bonds. The van der Waals surface area contributed by atoms with Gasteiger partial charge in [-0.3, -0.25) is 4.68 Å². The largest absolute Gasteiger partial charge is 0.371 e. The number of imidazole rings is 1. The second-order valence-electron chi connectivity index (χ2n) is 9.59. The van der Waals surface area contributed by atoms with Crippen LogP contribution in [0.2, 0.25) is 0 Å². The van der Waals surface area contributed by atoms with Crippen LogP contribution >= 0.6 is 22.6 Å². The molecular formula is C24H27IN8O2. The molecule has 0 radical (unpaired) electrons. The molecule has 0 N–H and O–H groups in total. The summed E-state index contributed by atoms with van der Waals surface area (Å²) in [5.41, 5.74) is 3.99. The van der Waals surface area contributed by atoms with Crippen molar-refractivity contribution in [2.24, 2.45) is 7.05 Å². The van der Waals surface area contributed by atoms with Gasteiger partial charge in [-0.1, -0.05) is 0 Å². The van der Waals surface area contributed by atoms with Crippen molar-refractivity contribution in [2.75, 3.05) is 24.6 Å². The molecule has 11 heteroatoms. The summed E-state index contributed by atoms with van der Waals surface area (Å²) in [6, 6.07) is 6.24. The average Bonchev–Trinajstić information content (AvgIpc) is 3.66. The molecule has 4 aromatic heterocycles. The first-order valence-corrected chi connectivity index (χ1v) is 13.4. The second kappa shape index (κ2) is 8.56. The van der Waals surface area contributed by atoms with Gasteiger partial charge in [0.25, 0.3) is 0 Å². The van der Waals surface area contributed by atoms with Crippen LogP contribution in [0, 0.1) is 3.70 Å². The number of ether oxygens (including phenoxy) is 2. The van der Waals surface area contributed by atoms with Crippen LogP contribution in [0.15, 0.2) is 30.6 Å². The summed E-state index contributed by atoms with van der Waals surface area (Å²) >= 11 is 2.32. The van der Waals surface area contributed by atoms with E-state index >= 15 is 0 Å². The summed E-state index contributed by atoms with van der Waals surface area (Å²) in [4.78, 5) is 7.38. The van der Waals surface area contributed by atoms with Crippen molar-refractivity contribution in [2.45, 2.75) is 50.5 Å². The molecule has 10 nitrogen and oxygen atoms in total. The van der Waals surface area contributed by atoms with Crippen LogP contribution in [0.3, 0.4) is 0 Å². The first-order valence-electron chi connectivity index (χ1n) is 12.3. The Morgan fingerprint density at radius 3 is 2.54 bits per heavy atom. The van der Waals surface area contributed by atoms with Crippen molar-refractivity contribution in [3.8, 4) is 22.8 Å². The average molecular weight is 586 g/mol. The number of fused-ring (bicyclic) bond motifs is 3. The predicted octanol–water partition coefficient (Wildman–Crippen LogP) is 3.66. The molecule has 4 aromatic rings. The molecule has 3 aliphatic heterocycles. The Hall–Kier alpha value is -2.51. The van der Waals surface area contributed by atoms with Crippen LogP contribution in [0.25, 0.3) is 28.3 Å². The van der Waals surface area contributed by atoms with Crippen molar-refractivity contribution in [3.05, 3.63) is 34.3 Å². The first kappa shape index (κ1) is 21.7. The minimum Gasteiger partial charge on any atom is -0.371 e. The lowest BCUT2D eigenvalue weighted by Crippen LogP contribution is -2.43. The highest BCUT2D eigenvalue weighted by Crippen LogP contribution is 2.36. The maximum atomic E-state index is 6.10. The highest BCUT2D eigenvalue weighted by atomic mass is 127. The third-order valence-electron chi connectivity index (χ3n) is 7.34. The summed E-state index contributed by atoms with van der Waals surface area (Å²) in [5, 5.41) is 14.2. The van der Waals surface area contributed by atoms with Crippen LogP contribution in [0.5, 0.6) is 0 Å². The molecule has 7 heterocycles. The Morgan fingerprint density at radius 2 is 1.80 bits per heavy atom. The third-order valence-corrected chi connectivity index (χ3v) is 8.09. The van der Waals surface area contributed by atoms with E-state index in [0.29, 0.717) is 0 Å². The number of hydrogen-bond donors (Lipinski definition) is 0. The van der Waals surface area contributed by atoms with E-state index in [0.717, 1.165) is 89.6 Å². The number of aryl methyl sites for hydroxylation is 1. The Kier molecular flexibility index (Phi) is 5.32. The molecule has 182 valence electrons. The second-order valence-corrected chi connectivity index (χ2v) is 10.6. The van der Waals surface area contributed by atoms with Gasteiger partial charge in [-0.15, -0.1) is 5.10 Å². The van der Waals surface area contributed by atoms with Crippen LogP contribution in [-0.2, 0) is 16.5 Å². The van der Waals surface area contributed by atoms with E-state index in [4.69, 9.17) is 19.6 Å². The fourth-order valence-electron chi connectivity index (χ4n) is 5.63. The van der Waals surface area contributed by atoms with Gasteiger partial charge in [-0.05, 0) is 72.9 Å². The van der Waals surface area contributed by atoms with Gasteiger partial charge in [-0.25, -0.2) is 14.2 Å². The van der Waals surface area contributed by atoms with E-state index in [-0.39, 0.29) is 18.4 Å². The zero-order chi connectivity index (χ0) is 23.5. The highest BCUT2D eigenvalue weighted by molar-refractivity contribution is 14.1. The molecule has 3 aliphatic rings. The Bertz CT molecular complexity index is 1380. The lowest BCUT2D eigenvalue weighted by Gasteiger charge is -2.33. The van der Waals surface area contributed by atoms with Crippen molar-refractivity contribution < 1.29 is 9.47 Å². The summed E-state index contributed by atoms with van der Waals surface area (Å²) in [6.45, 7) is 2.47. The van der Waals surface area contributed by atoms with E-state index in [1.165, 1.54) is 0 Å². The van der Waals surface area contributed by atoms with Gasteiger partial charge >= 0.3 is 0 Å². The molecule has 0 aromatic carbocycles. The third kappa shape index (κ3) is 3.66. The SMILES string of the molecule is Cn1nccc1-c1cc(N2CC3CCC(C2)O3)nn2c(-c3ccnn3C3CCCCO3)nc(I)c12. The number of hydrogen-bond acceptors (Lipinski definition) is 7. The monoisotopic (exact) mass is 586 g/mol. The van der Waals surface area contributed by atoms with Crippen LogP contribution in [-0.4, -0.2) is 66.1 Å². The van der Waals surface area contributed by atoms with Crippen molar-refractivity contribution in [1.29, 1.82) is 0 Å². The zero-order valence-electron chi connectivity index (χ0n) is 19.5. The lowest BCUT2D eigenvalue weighted by molar-refractivity contribution is -0.0384. The van der Waals surface area contributed by atoms with Crippen molar-refractivity contribution >= 4 is 33.9 Å². The van der Waals surface area contributed by atoms with Crippen molar-refractivity contribution in [3.63, 3.8) is 0 Å². The molecule has 3 atom stereocenters. The number of anilines is 1. The highest BCUT2D eigenvalue weighted by Gasteiger charge is 2.35. The van der Waals surface area contributed by atoms with E-state index in [9.17, 15) is 0 Å². The first-order chi connectivity index (χ1) is 17.2. The summed E-state index contributed by atoms with van der Waals surface area (Å²) in [7, 11) is 1.97. The van der Waals surface area contributed by atoms with Crippen LogP contribution < -0.4 is 4.90 Å². The Balaban J connectivity index is 1.42. The molecule has 3 saturated heterocycles. The standard InChI is InChI=1S/C24H27IN8O2/c1-30-18(7-9-26-30)17-12-20(31-13-15-5-6-16(14-31)35-15)29-33-22(17)23(25)28-24(33)19-8-10-27-32(19)21-4-2-3-11-34-21/h7-10,12,15-16,21H,2-6,11,13-14H2,1H3. The topological polar surface area (TPSA) is 87.5 Å². The normalized spacial score (nSPS) is 24.5. The molecule has 0 spiro atoms. The van der Waals surface area contributed by atoms with Gasteiger partial charge in [0.05, 0.1) is 17.9 Å². The maximum absolute atomic E-state index is 6.10. The summed E-state index contributed by atoms with van der Waals surface area (Å²) < 4.78 is 18.9. The van der Waals surface area contributed by atoms with E-state index < -0.39 is 0 Å². The van der Waals surface area contributed by atoms with Gasteiger partial charge in [0.1, 0.15) is 14.9 Å². The van der Waals surface area contributed by atoms with Crippen LogP contribution in [0.4, 0.5) is 5.82 Å². The smallest absolute Gasteiger partial charge is 0.181 e. The fraction of sp³-hybridized carbons (Fsp3) is 0.500. The number of aromatic nitrogens is 7. The fourth-order valence-corrected chi connectivity index (χ4v) is 6.38. The number of nitrogens with zero attached hydrogens (tertiary/aromatic N) is 8. The summed E-state index contributed by atoms with van der Waals surface area (Å²) in [6.07, 6.45) is 9.55. The van der Waals surface area contributed by atoms with Gasteiger partial charge < -0.3 is 14.4 Å². The molecule has 3 fully saturated rings. The molecule has 3 unspecified atom stereocenters. The molecule has 2 bridgehead atoms. The maximum Gasteiger partial charge on any atom is 0.181 e. The quantitative estimate of drug-likeness (QED) is 0.338. The van der Waals surface area contributed by atoms with Crippen molar-refractivity contribution in [1.82, 2.24) is 34.2 Å². The lowest BCUT2D eigenvalue weighted by atomic mass is 10.1. The van der Waals surface area contributed by atoms with Gasteiger partial charge in [0.15, 0.2) is 17.9 Å². The van der Waals surface area contributed by atoms with E-state index in [1.54, 1.807) is 0 Å². The van der Waals surface area contributed by atoms with Gasteiger partial charge in [0.2, 0.25) is 0 Å². The molecule has 35 heavy (non-hydrogen) atoms. The van der Waals surface area contributed by atoms with E-state index in [2.05, 4.69) is 43.8 Å². The van der Waals surface area contributed by atoms with Crippen LogP contribution in [0.1, 0.15) is 38.3 Å². The zero-order valence-corrected chi connectivity index (χ0v) is 21.7. The molecule has 0 aliphatic carbocycles. The number of halogens is 1. The minimum absolute atomic E-state index is 0.0756. The molecule has 0 saturated carbocycles. The Labute approximate surface area is 216 Å². The molecule has 7 rings (SSSR count). The van der Waals surface area contributed by atoms with E-state index in [1.807, 2.05) is 45.5 Å². The molecular weight excluding hydrogens is 559 g/mol. The summed E-state index contributed by atoms with van der Waals surface area (Å²) in [5.74, 6) is 1.71. The number of morpholine rings is 1. The number of rotatable bonds is 4. The Morgan fingerprint density at radius 1 is 1.00 bits per heavy atom.